The Morgan fingerprint density at radius 2 is 1.22 bits per heavy atom. The predicted octanol–water partition coefficient (Wildman–Crippen LogP) is 11.0. The number of hydrogen-bond acceptors (Lipinski definition) is 4. The highest BCUT2D eigenvalue weighted by molar-refractivity contribution is 5.72. The SMILES string of the molecule is CCCCCC1COC(c2cc(F)c(C(F)(F)Oc3ccc(-c4ccc(-c5ccc(OC(F)(F)F)c(F)c5)c(F)c4)c(F)c3)c(F)c2)OC1. The Balaban J connectivity index is 1.28. The van der Waals surface area contributed by atoms with Crippen molar-refractivity contribution in [2.45, 2.75) is 51.4 Å². The van der Waals surface area contributed by atoms with Gasteiger partial charge in [-0.2, -0.15) is 8.78 Å². The molecule has 0 aromatic heterocycles. The highest BCUT2D eigenvalue weighted by Gasteiger charge is 2.42. The van der Waals surface area contributed by atoms with Gasteiger partial charge in [0.2, 0.25) is 0 Å². The molecule has 49 heavy (non-hydrogen) atoms. The predicted molar refractivity (Wildman–Crippen MR) is 157 cm³/mol. The van der Waals surface area contributed by atoms with Crippen LogP contribution in [0.5, 0.6) is 11.5 Å². The number of ether oxygens (including phenoxy) is 4. The van der Waals surface area contributed by atoms with Crippen LogP contribution >= 0.6 is 0 Å². The molecule has 4 aromatic rings. The zero-order valence-corrected chi connectivity index (χ0v) is 25.7. The standard InChI is InChI=1S/C35H28F10O4/c1-2-3-4-5-19-17-46-33(47-18-19)22-14-29(39)32(30(40)15-22)34(41,42)48-23-8-10-25(27(37)16-23)20-6-9-24(26(36)12-20)21-7-11-31(28(38)13-21)49-35(43,44)45/h6-16,19,33H,2-5,17-18H2,1H3. The van der Waals surface area contributed by atoms with E-state index in [9.17, 15) is 30.7 Å². The Morgan fingerprint density at radius 3 is 1.78 bits per heavy atom. The summed E-state index contributed by atoms with van der Waals surface area (Å²) >= 11 is 0. The van der Waals surface area contributed by atoms with E-state index in [1.807, 2.05) is 0 Å². The minimum atomic E-state index is -5.15. The minimum Gasteiger partial charge on any atom is -0.429 e. The van der Waals surface area contributed by atoms with Gasteiger partial charge in [-0.3, -0.25) is 0 Å². The summed E-state index contributed by atoms with van der Waals surface area (Å²) in [6.07, 6.45) is -7.00. The Hall–Kier alpha value is -4.30. The molecule has 0 radical (unpaired) electrons. The Labute approximate surface area is 274 Å². The van der Waals surface area contributed by atoms with Crippen LogP contribution in [0.15, 0.2) is 66.7 Å². The smallest absolute Gasteiger partial charge is 0.429 e. The number of benzene rings is 4. The summed E-state index contributed by atoms with van der Waals surface area (Å²) in [5.74, 6) is -8.72. The van der Waals surface area contributed by atoms with Crippen LogP contribution in [0.25, 0.3) is 22.3 Å². The monoisotopic (exact) mass is 702 g/mol. The second-order valence-corrected chi connectivity index (χ2v) is 11.4. The molecule has 1 heterocycles. The molecule has 1 saturated heterocycles. The zero-order chi connectivity index (χ0) is 35.5. The van der Waals surface area contributed by atoms with E-state index >= 15 is 13.2 Å². The maximum atomic E-state index is 15.1. The van der Waals surface area contributed by atoms with Crippen molar-refractivity contribution in [1.82, 2.24) is 0 Å². The maximum absolute atomic E-state index is 15.1. The molecule has 0 atom stereocenters. The van der Waals surface area contributed by atoms with E-state index in [2.05, 4.69) is 16.4 Å². The van der Waals surface area contributed by atoms with E-state index in [1.54, 1.807) is 0 Å². The number of hydrogen-bond donors (Lipinski definition) is 0. The summed E-state index contributed by atoms with van der Waals surface area (Å²) in [4.78, 5) is 0. The number of rotatable bonds is 11. The van der Waals surface area contributed by atoms with Crippen LogP contribution in [0.4, 0.5) is 43.9 Å². The third-order valence-electron chi connectivity index (χ3n) is 7.75. The third-order valence-corrected chi connectivity index (χ3v) is 7.75. The number of unbranched alkanes of at least 4 members (excludes halogenated alkanes) is 2. The molecule has 1 aliphatic heterocycles. The Kier molecular flexibility index (Phi) is 10.8. The molecule has 0 amide bonds. The fourth-order valence-corrected chi connectivity index (χ4v) is 5.38. The Morgan fingerprint density at radius 1 is 0.653 bits per heavy atom. The fourth-order valence-electron chi connectivity index (χ4n) is 5.38. The first-order valence-corrected chi connectivity index (χ1v) is 15.1. The van der Waals surface area contributed by atoms with Gasteiger partial charge < -0.3 is 18.9 Å². The van der Waals surface area contributed by atoms with Crippen LogP contribution in [0.3, 0.4) is 0 Å². The van der Waals surface area contributed by atoms with Gasteiger partial charge in [-0.1, -0.05) is 44.4 Å². The minimum absolute atomic E-state index is 0.0957. The van der Waals surface area contributed by atoms with Crippen molar-refractivity contribution in [3.05, 3.63) is 107 Å². The van der Waals surface area contributed by atoms with Gasteiger partial charge in [-0.15, -0.1) is 13.2 Å². The summed E-state index contributed by atoms with van der Waals surface area (Å²) in [7, 11) is 0. The quantitative estimate of drug-likeness (QED) is 0.115. The fraction of sp³-hybridized carbons (Fsp3) is 0.314. The molecule has 1 aliphatic rings. The van der Waals surface area contributed by atoms with Gasteiger partial charge in [0.25, 0.3) is 0 Å². The second-order valence-electron chi connectivity index (χ2n) is 11.4. The van der Waals surface area contributed by atoms with Crippen LogP contribution in [0.2, 0.25) is 0 Å². The third kappa shape index (κ3) is 8.66. The molecule has 4 nitrogen and oxygen atoms in total. The number of halogens is 10. The lowest BCUT2D eigenvalue weighted by atomic mass is 9.99. The van der Waals surface area contributed by atoms with Gasteiger partial charge in [0, 0.05) is 28.7 Å². The van der Waals surface area contributed by atoms with Gasteiger partial charge in [-0.05, 0) is 60.0 Å². The van der Waals surface area contributed by atoms with Crippen molar-refractivity contribution in [3.63, 3.8) is 0 Å². The van der Waals surface area contributed by atoms with E-state index in [4.69, 9.17) is 9.47 Å². The van der Waals surface area contributed by atoms with Crippen molar-refractivity contribution in [2.75, 3.05) is 13.2 Å². The molecule has 0 bridgehead atoms. The molecular formula is C35H28F10O4. The highest BCUT2D eigenvalue weighted by atomic mass is 19.4. The van der Waals surface area contributed by atoms with Gasteiger partial charge in [0.05, 0.1) is 13.2 Å². The molecule has 0 saturated carbocycles. The van der Waals surface area contributed by atoms with E-state index in [0.29, 0.717) is 30.3 Å². The highest BCUT2D eigenvalue weighted by Crippen LogP contribution is 2.39. The van der Waals surface area contributed by atoms with Crippen LogP contribution in [-0.4, -0.2) is 19.6 Å². The summed E-state index contributed by atoms with van der Waals surface area (Å²) in [5.41, 5.74) is -2.65. The first kappa shape index (κ1) is 36.0. The van der Waals surface area contributed by atoms with Crippen molar-refractivity contribution < 1.29 is 62.9 Å². The van der Waals surface area contributed by atoms with E-state index in [0.717, 1.165) is 56.0 Å². The van der Waals surface area contributed by atoms with Crippen LogP contribution in [-0.2, 0) is 15.6 Å². The normalized spacial score (nSPS) is 16.9. The van der Waals surface area contributed by atoms with E-state index in [-0.39, 0.29) is 46.9 Å². The molecule has 262 valence electrons. The zero-order valence-electron chi connectivity index (χ0n) is 25.7. The molecule has 0 aliphatic carbocycles. The second kappa shape index (κ2) is 14.7. The summed E-state index contributed by atoms with van der Waals surface area (Å²) in [6.45, 7) is 2.61. The van der Waals surface area contributed by atoms with Crippen molar-refractivity contribution in [1.29, 1.82) is 0 Å². The lowest BCUT2D eigenvalue weighted by Gasteiger charge is -2.30. The van der Waals surface area contributed by atoms with Crippen LogP contribution in [0.1, 0.15) is 50.0 Å². The van der Waals surface area contributed by atoms with Crippen LogP contribution in [0, 0.1) is 35.0 Å². The summed E-state index contributed by atoms with van der Waals surface area (Å²) in [5, 5.41) is 0. The average Bonchev–Trinajstić information content (AvgIpc) is 3.01. The summed E-state index contributed by atoms with van der Waals surface area (Å²) in [6, 6.07) is 9.04. The molecule has 0 unspecified atom stereocenters. The molecule has 14 heteroatoms. The number of alkyl halides is 5. The molecule has 5 rings (SSSR count). The van der Waals surface area contributed by atoms with Crippen molar-refractivity contribution in [3.8, 4) is 33.8 Å². The van der Waals surface area contributed by atoms with Crippen molar-refractivity contribution >= 4 is 0 Å². The first-order chi connectivity index (χ1) is 23.1. The lowest BCUT2D eigenvalue weighted by Crippen LogP contribution is -2.28. The topological polar surface area (TPSA) is 36.9 Å². The van der Waals surface area contributed by atoms with Gasteiger partial charge >= 0.3 is 12.5 Å². The van der Waals surface area contributed by atoms with Gasteiger partial charge in [0.15, 0.2) is 17.9 Å². The van der Waals surface area contributed by atoms with Gasteiger partial charge in [0.1, 0.15) is 34.6 Å². The molecule has 4 aromatic carbocycles. The first-order valence-electron chi connectivity index (χ1n) is 15.1. The maximum Gasteiger partial charge on any atom is 0.573 e. The van der Waals surface area contributed by atoms with Crippen LogP contribution < -0.4 is 9.47 Å². The largest absolute Gasteiger partial charge is 0.573 e. The van der Waals surface area contributed by atoms with E-state index < -0.39 is 64.9 Å². The molecule has 0 spiro atoms. The molecular weight excluding hydrogens is 674 g/mol. The summed E-state index contributed by atoms with van der Waals surface area (Å²) < 4.78 is 161. The van der Waals surface area contributed by atoms with Gasteiger partial charge in [-0.25, -0.2) is 22.0 Å². The lowest BCUT2D eigenvalue weighted by molar-refractivity contribution is -0.275. The van der Waals surface area contributed by atoms with Crippen molar-refractivity contribution in [2.24, 2.45) is 5.92 Å². The average molecular weight is 703 g/mol. The molecule has 1 fully saturated rings. The molecule has 0 N–H and O–H groups in total. The van der Waals surface area contributed by atoms with E-state index in [1.165, 1.54) is 6.07 Å². The Bertz CT molecular complexity index is 1760.